The molecule has 2 heterocycles. The van der Waals surface area contributed by atoms with Gasteiger partial charge in [0.05, 0.1) is 7.11 Å². The van der Waals surface area contributed by atoms with Crippen molar-refractivity contribution in [1.29, 1.82) is 0 Å². The van der Waals surface area contributed by atoms with E-state index in [1.165, 1.54) is 22.3 Å². The largest absolute Gasteiger partial charge is 0.497 e. The SMILES string of the molecule is COc1cccc(-c2ccc(CNC(=O)[C@@H]3C[C@H]3c3ccccc3)c3c2CCN(c2ncccn2)C3)c1. The second-order valence-corrected chi connectivity index (χ2v) is 9.76. The second kappa shape index (κ2) is 10.1. The maximum absolute atomic E-state index is 13.0. The van der Waals surface area contributed by atoms with Gasteiger partial charge in [0.1, 0.15) is 5.75 Å². The summed E-state index contributed by atoms with van der Waals surface area (Å²) in [6.07, 6.45) is 5.36. The number of nitrogens with one attached hydrogen (secondary N) is 1. The van der Waals surface area contributed by atoms with Gasteiger partial charge in [-0.05, 0) is 70.3 Å². The van der Waals surface area contributed by atoms with Crippen LogP contribution in [0.15, 0.2) is 85.2 Å². The predicted molar refractivity (Wildman–Crippen MR) is 144 cm³/mol. The zero-order valence-corrected chi connectivity index (χ0v) is 20.9. The van der Waals surface area contributed by atoms with Crippen molar-refractivity contribution in [3.8, 4) is 16.9 Å². The van der Waals surface area contributed by atoms with Gasteiger partial charge in [-0.1, -0.05) is 54.6 Å². The summed E-state index contributed by atoms with van der Waals surface area (Å²) in [4.78, 5) is 24.2. The van der Waals surface area contributed by atoms with Gasteiger partial charge in [-0.3, -0.25) is 4.79 Å². The number of nitrogens with zero attached hydrogens (tertiary/aromatic N) is 3. The molecule has 1 aromatic heterocycles. The minimum Gasteiger partial charge on any atom is -0.497 e. The molecule has 1 amide bonds. The maximum Gasteiger partial charge on any atom is 0.225 e. The summed E-state index contributed by atoms with van der Waals surface area (Å²) in [7, 11) is 1.69. The Bertz CT molecular complexity index is 1410. The number of ether oxygens (including phenoxy) is 1. The van der Waals surface area contributed by atoms with E-state index >= 15 is 0 Å². The van der Waals surface area contributed by atoms with Crippen LogP contribution >= 0.6 is 0 Å². The molecular weight excluding hydrogens is 460 g/mol. The van der Waals surface area contributed by atoms with Crippen LogP contribution in [0.1, 0.15) is 34.6 Å². The Morgan fingerprint density at radius 3 is 2.65 bits per heavy atom. The lowest BCUT2D eigenvalue weighted by Crippen LogP contribution is -2.34. The molecule has 0 saturated heterocycles. The fourth-order valence-corrected chi connectivity index (χ4v) is 5.46. The molecule has 0 bridgehead atoms. The van der Waals surface area contributed by atoms with Gasteiger partial charge in [-0.2, -0.15) is 0 Å². The molecular formula is C31H30N4O2. The average Bonchev–Trinajstić information content (AvgIpc) is 3.78. The normalized spacial score (nSPS) is 18.1. The fourth-order valence-electron chi connectivity index (χ4n) is 5.46. The summed E-state index contributed by atoms with van der Waals surface area (Å²) in [5, 5.41) is 3.23. The molecule has 6 nitrogen and oxygen atoms in total. The Hall–Kier alpha value is -4.19. The highest BCUT2D eigenvalue weighted by molar-refractivity contribution is 5.83. The molecule has 3 aromatic carbocycles. The maximum atomic E-state index is 13.0. The zero-order chi connectivity index (χ0) is 25.2. The molecule has 6 heteroatoms. The van der Waals surface area contributed by atoms with Crippen LogP contribution in [0, 0.1) is 5.92 Å². The molecule has 4 aromatic rings. The predicted octanol–water partition coefficient (Wildman–Crippen LogP) is 5.13. The Kier molecular flexibility index (Phi) is 6.31. The van der Waals surface area contributed by atoms with E-state index in [0.717, 1.165) is 42.2 Å². The molecule has 0 spiro atoms. The van der Waals surface area contributed by atoms with Gasteiger partial charge in [-0.25, -0.2) is 9.97 Å². The van der Waals surface area contributed by atoms with Crippen LogP contribution in [0.2, 0.25) is 0 Å². The van der Waals surface area contributed by atoms with Crippen LogP contribution in [0.5, 0.6) is 5.75 Å². The molecule has 0 unspecified atom stereocenters. The number of carbonyl (C=O) groups excluding carboxylic acids is 1. The van der Waals surface area contributed by atoms with Gasteiger partial charge in [0, 0.05) is 37.9 Å². The first kappa shape index (κ1) is 23.2. The van der Waals surface area contributed by atoms with Gasteiger partial charge in [0.25, 0.3) is 0 Å². The number of aromatic nitrogens is 2. The summed E-state index contributed by atoms with van der Waals surface area (Å²) >= 11 is 0. The van der Waals surface area contributed by atoms with Crippen molar-refractivity contribution in [2.24, 2.45) is 5.92 Å². The van der Waals surface area contributed by atoms with Crippen molar-refractivity contribution < 1.29 is 9.53 Å². The van der Waals surface area contributed by atoms with Crippen LogP contribution in [-0.2, 0) is 24.3 Å². The minimum absolute atomic E-state index is 0.0588. The van der Waals surface area contributed by atoms with E-state index < -0.39 is 0 Å². The van der Waals surface area contributed by atoms with E-state index in [1.54, 1.807) is 19.5 Å². The first-order valence-electron chi connectivity index (χ1n) is 12.8. The zero-order valence-electron chi connectivity index (χ0n) is 20.9. The van der Waals surface area contributed by atoms with Crippen LogP contribution in [0.4, 0.5) is 5.95 Å². The lowest BCUT2D eigenvalue weighted by molar-refractivity contribution is -0.122. The number of hydrogen-bond donors (Lipinski definition) is 1. The number of benzene rings is 3. The van der Waals surface area contributed by atoms with Gasteiger partial charge >= 0.3 is 0 Å². The molecule has 1 fully saturated rings. The lowest BCUT2D eigenvalue weighted by Gasteiger charge is -2.32. The lowest BCUT2D eigenvalue weighted by atomic mass is 9.87. The highest BCUT2D eigenvalue weighted by atomic mass is 16.5. The quantitative estimate of drug-likeness (QED) is 0.389. The van der Waals surface area contributed by atoms with Crippen molar-refractivity contribution in [3.63, 3.8) is 0 Å². The van der Waals surface area contributed by atoms with E-state index in [4.69, 9.17) is 4.74 Å². The van der Waals surface area contributed by atoms with E-state index in [2.05, 4.69) is 56.6 Å². The van der Waals surface area contributed by atoms with Crippen LogP contribution in [0.3, 0.4) is 0 Å². The van der Waals surface area contributed by atoms with E-state index in [0.29, 0.717) is 19.0 Å². The van der Waals surface area contributed by atoms with Crippen LogP contribution in [0.25, 0.3) is 11.1 Å². The molecule has 0 radical (unpaired) electrons. The van der Waals surface area contributed by atoms with Gasteiger partial charge in [0.15, 0.2) is 0 Å². The molecule has 1 aliphatic carbocycles. The van der Waals surface area contributed by atoms with Gasteiger partial charge in [0.2, 0.25) is 11.9 Å². The third-order valence-corrected chi connectivity index (χ3v) is 7.53. The molecule has 6 rings (SSSR count). The van der Waals surface area contributed by atoms with Crippen LogP contribution in [-0.4, -0.2) is 29.5 Å². The van der Waals surface area contributed by atoms with E-state index in [-0.39, 0.29) is 11.8 Å². The molecule has 37 heavy (non-hydrogen) atoms. The van der Waals surface area contributed by atoms with Crippen molar-refractivity contribution >= 4 is 11.9 Å². The molecule has 1 saturated carbocycles. The summed E-state index contributed by atoms with van der Waals surface area (Å²) in [6.45, 7) is 2.06. The number of amides is 1. The highest BCUT2D eigenvalue weighted by Crippen LogP contribution is 2.47. The molecule has 1 aliphatic heterocycles. The summed E-state index contributed by atoms with van der Waals surface area (Å²) in [5.74, 6) is 2.10. The number of fused-ring (bicyclic) bond motifs is 1. The molecule has 1 N–H and O–H groups in total. The van der Waals surface area contributed by atoms with Crippen molar-refractivity contribution in [2.45, 2.75) is 31.8 Å². The summed E-state index contributed by atoms with van der Waals surface area (Å²) in [6, 6.07) is 24.7. The van der Waals surface area contributed by atoms with Crippen LogP contribution < -0.4 is 15.0 Å². The van der Waals surface area contributed by atoms with Crippen molar-refractivity contribution in [1.82, 2.24) is 15.3 Å². The highest BCUT2D eigenvalue weighted by Gasteiger charge is 2.43. The molecule has 2 aliphatic rings. The number of anilines is 1. The standard InChI is InChI=1S/C31H30N4O2/c1-37-24-10-5-9-22(17-24)25-12-11-23(19-34-30(36)28-18-27(28)21-7-3-2-4-8-21)29-20-35(16-13-26(25)29)31-32-14-6-15-33-31/h2-12,14-15,17,27-28H,13,16,18-20H2,1H3,(H,34,36)/t27-,28+/m0/s1. The summed E-state index contributed by atoms with van der Waals surface area (Å²) in [5.41, 5.74) is 7.31. The number of hydrogen-bond acceptors (Lipinski definition) is 5. The Morgan fingerprint density at radius 1 is 1.00 bits per heavy atom. The molecule has 186 valence electrons. The Morgan fingerprint density at radius 2 is 1.84 bits per heavy atom. The topological polar surface area (TPSA) is 67.3 Å². The number of rotatable bonds is 7. The average molecular weight is 491 g/mol. The minimum atomic E-state index is 0.0588. The van der Waals surface area contributed by atoms with Gasteiger partial charge in [-0.15, -0.1) is 0 Å². The fraction of sp³-hybridized carbons (Fsp3) is 0.258. The number of methoxy groups -OCH3 is 1. The van der Waals surface area contributed by atoms with E-state index in [1.807, 2.05) is 36.4 Å². The first-order chi connectivity index (χ1) is 18.2. The third-order valence-electron chi connectivity index (χ3n) is 7.53. The third kappa shape index (κ3) is 4.79. The second-order valence-electron chi connectivity index (χ2n) is 9.76. The number of carbonyl (C=O) groups is 1. The van der Waals surface area contributed by atoms with E-state index in [9.17, 15) is 4.79 Å². The molecule has 2 atom stereocenters. The Balaban J connectivity index is 1.27. The Labute approximate surface area is 217 Å². The summed E-state index contributed by atoms with van der Waals surface area (Å²) < 4.78 is 5.48. The van der Waals surface area contributed by atoms with Gasteiger partial charge < -0.3 is 15.0 Å². The monoisotopic (exact) mass is 490 g/mol. The van der Waals surface area contributed by atoms with Crippen molar-refractivity contribution in [2.75, 3.05) is 18.6 Å². The smallest absolute Gasteiger partial charge is 0.225 e. The first-order valence-corrected chi connectivity index (χ1v) is 12.8. The van der Waals surface area contributed by atoms with Crippen molar-refractivity contribution in [3.05, 3.63) is 107 Å².